The van der Waals surface area contributed by atoms with Gasteiger partial charge in [0.2, 0.25) is 11.8 Å². The molecular weight excluding hydrogens is 364 g/mol. The minimum absolute atomic E-state index is 0.0145. The molecule has 3 nitrogen and oxygen atoms in total. The Balaban J connectivity index is 1.80. The summed E-state index contributed by atoms with van der Waals surface area (Å²) in [6.45, 7) is 0. The van der Waals surface area contributed by atoms with E-state index in [1.54, 1.807) is 0 Å². The van der Waals surface area contributed by atoms with Crippen molar-refractivity contribution in [2.24, 2.45) is 23.7 Å². The Hall–Kier alpha value is -2.06. The highest BCUT2D eigenvalue weighted by molar-refractivity contribution is 6.22. The Kier molecular flexibility index (Phi) is 3.49. The van der Waals surface area contributed by atoms with Crippen LogP contribution < -0.4 is 4.90 Å². The molecule has 140 valence electrons. The number of nitrogens with zero attached hydrogens (tertiary/aromatic N) is 1. The summed E-state index contributed by atoms with van der Waals surface area (Å²) in [5, 5.41) is 0. The molecule has 2 unspecified atom stereocenters. The van der Waals surface area contributed by atoms with Gasteiger partial charge in [-0.05, 0) is 49.3 Å². The molecule has 1 saturated heterocycles. The molecule has 1 aromatic carbocycles. The molecule has 2 bridgehead atoms. The number of hydrogen-bond acceptors (Lipinski definition) is 2. The van der Waals surface area contributed by atoms with Crippen molar-refractivity contribution in [3.63, 3.8) is 0 Å². The first kappa shape index (κ1) is 17.4. The molecule has 2 aliphatic carbocycles. The third kappa shape index (κ3) is 2.43. The zero-order valence-electron chi connectivity index (χ0n) is 13.2. The Morgan fingerprint density at radius 1 is 0.769 bits per heavy atom. The van der Waals surface area contributed by atoms with Crippen molar-refractivity contribution in [3.05, 3.63) is 29.3 Å². The fraction of sp³-hybridized carbons (Fsp3) is 0.529. The highest BCUT2D eigenvalue weighted by Crippen LogP contribution is 2.56. The van der Waals surface area contributed by atoms with Crippen LogP contribution in [0, 0.1) is 23.7 Å². The number of halogens is 6. The lowest BCUT2D eigenvalue weighted by Gasteiger charge is -2.20. The molecule has 0 aromatic heterocycles. The fourth-order valence-corrected chi connectivity index (χ4v) is 4.73. The normalized spacial score (nSPS) is 31.1. The number of hydrogen-bond donors (Lipinski definition) is 0. The first-order valence-electron chi connectivity index (χ1n) is 8.16. The van der Waals surface area contributed by atoms with Gasteiger partial charge >= 0.3 is 12.4 Å². The maximum atomic E-state index is 13.0. The van der Waals surface area contributed by atoms with Crippen molar-refractivity contribution < 1.29 is 35.9 Å². The summed E-state index contributed by atoms with van der Waals surface area (Å²) in [6.07, 6.45) is -7.82. The third-order valence-electron chi connectivity index (χ3n) is 5.76. The number of amides is 2. The van der Waals surface area contributed by atoms with Gasteiger partial charge in [-0.3, -0.25) is 14.5 Å². The molecule has 3 fully saturated rings. The maximum absolute atomic E-state index is 13.0. The van der Waals surface area contributed by atoms with Gasteiger partial charge in [-0.25, -0.2) is 0 Å². The fourth-order valence-electron chi connectivity index (χ4n) is 4.73. The van der Waals surface area contributed by atoms with Gasteiger partial charge in [0.15, 0.2) is 0 Å². The van der Waals surface area contributed by atoms with Crippen LogP contribution in [0.25, 0.3) is 0 Å². The molecule has 1 heterocycles. The predicted octanol–water partition coefficient (Wildman–Crippen LogP) is 4.26. The van der Waals surface area contributed by atoms with E-state index in [9.17, 15) is 35.9 Å². The summed E-state index contributed by atoms with van der Waals surface area (Å²) >= 11 is 0. The second-order valence-corrected chi connectivity index (χ2v) is 7.16. The largest absolute Gasteiger partial charge is 0.416 e. The van der Waals surface area contributed by atoms with E-state index in [1.807, 2.05) is 0 Å². The highest BCUT2D eigenvalue weighted by Gasteiger charge is 2.61. The lowest BCUT2D eigenvalue weighted by atomic mass is 9.81. The lowest BCUT2D eigenvalue weighted by molar-refractivity contribution is -0.143. The van der Waals surface area contributed by atoms with E-state index in [2.05, 4.69) is 0 Å². The number of carbonyl (C=O) groups is 2. The van der Waals surface area contributed by atoms with E-state index >= 15 is 0 Å². The summed E-state index contributed by atoms with van der Waals surface area (Å²) in [5.74, 6) is -2.63. The Morgan fingerprint density at radius 3 is 1.58 bits per heavy atom. The molecule has 26 heavy (non-hydrogen) atoms. The van der Waals surface area contributed by atoms with Gasteiger partial charge in [-0.2, -0.15) is 26.3 Å². The van der Waals surface area contributed by atoms with Crippen LogP contribution in [0.5, 0.6) is 0 Å². The maximum Gasteiger partial charge on any atom is 0.416 e. The lowest BCUT2D eigenvalue weighted by Crippen LogP contribution is -2.33. The van der Waals surface area contributed by atoms with Crippen LogP contribution in [0.3, 0.4) is 0 Å². The number of rotatable bonds is 1. The number of benzene rings is 1. The SMILES string of the molecule is O=C1C2C3CC[C@@H](C3)[C@@H]2C(=O)N1c1cc(C(F)(F)F)cc(C(F)(F)F)c1. The van der Waals surface area contributed by atoms with Crippen LogP contribution in [-0.4, -0.2) is 11.8 Å². The summed E-state index contributed by atoms with van der Waals surface area (Å²) < 4.78 is 78.2. The molecule has 1 aliphatic heterocycles. The van der Waals surface area contributed by atoms with Gasteiger partial charge in [0, 0.05) is 0 Å². The van der Waals surface area contributed by atoms with Gasteiger partial charge in [-0.15, -0.1) is 0 Å². The molecule has 9 heteroatoms. The molecule has 2 amide bonds. The van der Waals surface area contributed by atoms with Gasteiger partial charge in [0.05, 0.1) is 28.7 Å². The zero-order chi connectivity index (χ0) is 19.0. The van der Waals surface area contributed by atoms with Crippen LogP contribution in [-0.2, 0) is 21.9 Å². The minimum Gasteiger partial charge on any atom is -0.274 e. The topological polar surface area (TPSA) is 37.4 Å². The monoisotopic (exact) mass is 377 g/mol. The zero-order valence-corrected chi connectivity index (χ0v) is 13.2. The summed E-state index contributed by atoms with van der Waals surface area (Å²) in [4.78, 5) is 25.8. The van der Waals surface area contributed by atoms with Crippen molar-refractivity contribution in [1.82, 2.24) is 0 Å². The second-order valence-electron chi connectivity index (χ2n) is 7.16. The Morgan fingerprint density at radius 2 is 1.19 bits per heavy atom. The van der Waals surface area contributed by atoms with Crippen molar-refractivity contribution in [2.45, 2.75) is 31.6 Å². The van der Waals surface area contributed by atoms with Crippen molar-refractivity contribution >= 4 is 17.5 Å². The number of alkyl halides is 6. The quantitative estimate of drug-likeness (QED) is 0.542. The highest BCUT2D eigenvalue weighted by atomic mass is 19.4. The molecule has 0 radical (unpaired) electrons. The molecule has 1 aromatic rings. The van der Waals surface area contributed by atoms with Crippen LogP contribution >= 0.6 is 0 Å². The number of imide groups is 1. The molecule has 3 aliphatic rings. The Labute approximate surface area is 144 Å². The smallest absolute Gasteiger partial charge is 0.274 e. The van der Waals surface area contributed by atoms with Crippen LogP contribution in [0.1, 0.15) is 30.4 Å². The number of anilines is 1. The third-order valence-corrected chi connectivity index (χ3v) is 5.76. The summed E-state index contributed by atoms with van der Waals surface area (Å²) in [5.41, 5.74) is -3.73. The molecule has 4 atom stereocenters. The average molecular weight is 377 g/mol. The molecule has 2 saturated carbocycles. The van der Waals surface area contributed by atoms with Gasteiger partial charge in [0.1, 0.15) is 0 Å². The van der Waals surface area contributed by atoms with Crippen molar-refractivity contribution in [1.29, 1.82) is 0 Å². The standard InChI is InChI=1S/C17H13F6NO2/c18-16(19,20)9-4-10(17(21,22)23)6-11(5-9)24-14(25)12-7-1-2-8(3-7)13(12)15(24)26/h4-8,12-13H,1-3H2/t7-,8?,12-,13?/m0/s1. The van der Waals surface area contributed by atoms with Crippen LogP contribution in [0.15, 0.2) is 18.2 Å². The van der Waals surface area contributed by atoms with Gasteiger partial charge in [0.25, 0.3) is 0 Å². The summed E-state index contributed by atoms with van der Waals surface area (Å²) in [6, 6.07) is 0.862. The van der Waals surface area contributed by atoms with E-state index in [0.717, 1.165) is 19.3 Å². The second kappa shape index (κ2) is 5.23. The minimum atomic E-state index is -5.03. The van der Waals surface area contributed by atoms with E-state index in [-0.39, 0.29) is 17.9 Å². The van der Waals surface area contributed by atoms with Crippen LogP contribution in [0.2, 0.25) is 0 Å². The summed E-state index contributed by atoms with van der Waals surface area (Å²) in [7, 11) is 0. The first-order chi connectivity index (χ1) is 12.0. The van der Waals surface area contributed by atoms with Gasteiger partial charge in [-0.1, -0.05) is 0 Å². The van der Waals surface area contributed by atoms with Crippen LogP contribution in [0.4, 0.5) is 32.0 Å². The average Bonchev–Trinajstić information content (AvgIpc) is 3.19. The van der Waals surface area contributed by atoms with E-state index < -0.39 is 52.8 Å². The van der Waals surface area contributed by atoms with Crippen molar-refractivity contribution in [2.75, 3.05) is 4.90 Å². The van der Waals surface area contributed by atoms with Crippen molar-refractivity contribution in [3.8, 4) is 0 Å². The molecule has 4 rings (SSSR count). The van der Waals surface area contributed by atoms with E-state index in [1.165, 1.54) is 0 Å². The number of fused-ring (bicyclic) bond motifs is 5. The Bertz CT molecular complexity index is 739. The first-order valence-corrected chi connectivity index (χ1v) is 8.16. The molecule has 0 N–H and O–H groups in total. The molecule has 0 spiro atoms. The van der Waals surface area contributed by atoms with E-state index in [0.29, 0.717) is 17.0 Å². The van der Waals surface area contributed by atoms with Gasteiger partial charge < -0.3 is 0 Å². The predicted molar refractivity (Wildman–Crippen MR) is 76.8 cm³/mol. The van der Waals surface area contributed by atoms with E-state index in [4.69, 9.17) is 0 Å². The molecular formula is C17H13F6NO2. The number of carbonyl (C=O) groups excluding carboxylic acids is 2.